The van der Waals surface area contributed by atoms with Crippen LogP contribution in [-0.2, 0) is 11.2 Å². The van der Waals surface area contributed by atoms with Crippen LogP contribution in [0.2, 0.25) is 0 Å². The second-order valence-corrected chi connectivity index (χ2v) is 5.36. The van der Waals surface area contributed by atoms with Crippen LogP contribution >= 0.6 is 24.0 Å². The quantitative estimate of drug-likeness (QED) is 0.251. The molecule has 3 N–H and O–H groups in total. The first-order chi connectivity index (χ1) is 10.8. The number of rotatable bonds is 8. The fraction of sp³-hybridized carbons (Fsp3) is 0.562. The number of nitrogens with zero attached hydrogens (tertiary/aromatic N) is 2. The van der Waals surface area contributed by atoms with Crippen LogP contribution in [0.4, 0.5) is 0 Å². The minimum absolute atomic E-state index is 0. The molecular formula is C16H26IN5O. The average Bonchev–Trinajstić information content (AvgIpc) is 3.37. The van der Waals surface area contributed by atoms with Crippen LogP contribution in [0.5, 0.6) is 0 Å². The number of halogens is 1. The van der Waals surface area contributed by atoms with Crippen LogP contribution in [0.15, 0.2) is 29.5 Å². The molecule has 0 atom stereocenters. The van der Waals surface area contributed by atoms with E-state index in [1.165, 1.54) is 5.56 Å². The number of hydrogen-bond acceptors (Lipinski definition) is 3. The van der Waals surface area contributed by atoms with Gasteiger partial charge in [-0.05, 0) is 37.8 Å². The molecule has 1 fully saturated rings. The highest BCUT2D eigenvalue weighted by Gasteiger charge is 2.28. The van der Waals surface area contributed by atoms with Crippen molar-refractivity contribution in [2.24, 2.45) is 10.9 Å². The summed E-state index contributed by atoms with van der Waals surface area (Å²) in [7, 11) is 0. The molecule has 1 aliphatic rings. The SMILES string of the molecule is CCNC(=NCCc1cccnc1)NCCNC(=O)C1CC1.I. The van der Waals surface area contributed by atoms with Gasteiger partial charge in [-0.3, -0.25) is 14.8 Å². The Morgan fingerprint density at radius 1 is 1.30 bits per heavy atom. The third-order valence-electron chi connectivity index (χ3n) is 3.40. The molecule has 0 saturated heterocycles. The van der Waals surface area contributed by atoms with Gasteiger partial charge in [-0.25, -0.2) is 0 Å². The van der Waals surface area contributed by atoms with E-state index in [1.54, 1.807) is 6.20 Å². The molecule has 7 heteroatoms. The van der Waals surface area contributed by atoms with Crippen LogP contribution in [-0.4, -0.2) is 43.0 Å². The lowest BCUT2D eigenvalue weighted by Gasteiger charge is -2.11. The van der Waals surface area contributed by atoms with Gasteiger partial charge in [-0.1, -0.05) is 6.07 Å². The Morgan fingerprint density at radius 2 is 2.09 bits per heavy atom. The second kappa shape index (κ2) is 11.2. The van der Waals surface area contributed by atoms with Gasteiger partial charge in [0.2, 0.25) is 5.91 Å². The Kier molecular flexibility index (Phi) is 9.58. The molecular weight excluding hydrogens is 405 g/mol. The number of carbonyl (C=O) groups is 1. The van der Waals surface area contributed by atoms with Gasteiger partial charge >= 0.3 is 0 Å². The van der Waals surface area contributed by atoms with Gasteiger partial charge in [0.1, 0.15) is 0 Å². The average molecular weight is 431 g/mol. The summed E-state index contributed by atoms with van der Waals surface area (Å²) in [5, 5.41) is 9.36. The number of amides is 1. The smallest absolute Gasteiger partial charge is 0.223 e. The van der Waals surface area contributed by atoms with Crippen LogP contribution in [0.25, 0.3) is 0 Å². The molecule has 0 bridgehead atoms. The van der Waals surface area contributed by atoms with Crippen LogP contribution in [0.1, 0.15) is 25.3 Å². The summed E-state index contributed by atoms with van der Waals surface area (Å²) in [6, 6.07) is 3.99. The minimum Gasteiger partial charge on any atom is -0.357 e. The summed E-state index contributed by atoms with van der Waals surface area (Å²) < 4.78 is 0. The number of carbonyl (C=O) groups excluding carboxylic acids is 1. The van der Waals surface area contributed by atoms with Crippen molar-refractivity contribution in [3.05, 3.63) is 30.1 Å². The highest BCUT2D eigenvalue weighted by atomic mass is 127. The number of guanidine groups is 1. The van der Waals surface area contributed by atoms with Crippen molar-refractivity contribution < 1.29 is 4.79 Å². The fourth-order valence-corrected chi connectivity index (χ4v) is 2.04. The Morgan fingerprint density at radius 3 is 2.74 bits per heavy atom. The Hall–Kier alpha value is -1.38. The summed E-state index contributed by atoms with van der Waals surface area (Å²) >= 11 is 0. The van der Waals surface area contributed by atoms with Gasteiger partial charge in [0.05, 0.1) is 0 Å². The lowest BCUT2D eigenvalue weighted by Crippen LogP contribution is -2.41. The summed E-state index contributed by atoms with van der Waals surface area (Å²) in [5.41, 5.74) is 1.18. The number of nitrogens with one attached hydrogen (secondary N) is 3. The molecule has 23 heavy (non-hydrogen) atoms. The van der Waals surface area contributed by atoms with Gasteiger partial charge < -0.3 is 16.0 Å². The number of hydrogen-bond donors (Lipinski definition) is 3. The summed E-state index contributed by atoms with van der Waals surface area (Å²) in [4.78, 5) is 20.1. The highest BCUT2D eigenvalue weighted by molar-refractivity contribution is 14.0. The molecule has 0 spiro atoms. The lowest BCUT2D eigenvalue weighted by molar-refractivity contribution is -0.122. The summed E-state index contributed by atoms with van der Waals surface area (Å²) in [6.07, 6.45) is 6.58. The largest absolute Gasteiger partial charge is 0.357 e. The molecule has 0 unspecified atom stereocenters. The van der Waals surface area contributed by atoms with Gasteiger partial charge in [0.15, 0.2) is 5.96 Å². The molecule has 1 aromatic heterocycles. The third-order valence-corrected chi connectivity index (χ3v) is 3.40. The Labute approximate surface area is 155 Å². The van der Waals surface area contributed by atoms with Gasteiger partial charge in [0.25, 0.3) is 0 Å². The standard InChI is InChI=1S/C16H25N5O.HI/c1-2-18-16(20-9-7-13-4-3-8-17-12-13)21-11-10-19-15(22)14-5-6-14;/h3-4,8,12,14H,2,5-7,9-11H2,1H3,(H,19,22)(H2,18,20,21);1H. The number of pyridine rings is 1. The molecule has 128 valence electrons. The van der Waals surface area contributed by atoms with Crippen LogP contribution < -0.4 is 16.0 Å². The van der Waals surface area contributed by atoms with Crippen molar-refractivity contribution in [3.63, 3.8) is 0 Å². The van der Waals surface area contributed by atoms with Crippen molar-refractivity contribution >= 4 is 35.8 Å². The molecule has 6 nitrogen and oxygen atoms in total. The van der Waals surface area contributed by atoms with E-state index in [9.17, 15) is 4.79 Å². The van der Waals surface area contributed by atoms with E-state index in [0.717, 1.165) is 31.8 Å². The fourth-order valence-electron chi connectivity index (χ4n) is 2.04. The van der Waals surface area contributed by atoms with Crippen molar-refractivity contribution in [1.82, 2.24) is 20.9 Å². The molecule has 0 radical (unpaired) electrons. The molecule has 1 heterocycles. The van der Waals surface area contributed by atoms with E-state index < -0.39 is 0 Å². The van der Waals surface area contributed by atoms with Crippen molar-refractivity contribution in [2.75, 3.05) is 26.2 Å². The number of aliphatic imine (C=N–C) groups is 1. The maximum Gasteiger partial charge on any atom is 0.223 e. The Balaban J connectivity index is 0.00000264. The minimum atomic E-state index is 0. The molecule has 1 aromatic rings. The second-order valence-electron chi connectivity index (χ2n) is 5.36. The zero-order chi connectivity index (χ0) is 15.6. The monoisotopic (exact) mass is 431 g/mol. The van der Waals surface area contributed by atoms with E-state index in [2.05, 4.69) is 32.0 Å². The maximum atomic E-state index is 11.5. The molecule has 1 aliphatic carbocycles. The third kappa shape index (κ3) is 8.15. The lowest BCUT2D eigenvalue weighted by atomic mass is 10.2. The zero-order valence-electron chi connectivity index (χ0n) is 13.5. The first kappa shape index (κ1) is 19.7. The predicted molar refractivity (Wildman–Crippen MR) is 103 cm³/mol. The van der Waals surface area contributed by atoms with E-state index in [1.807, 2.05) is 19.2 Å². The van der Waals surface area contributed by atoms with Gasteiger partial charge in [-0.2, -0.15) is 0 Å². The van der Waals surface area contributed by atoms with E-state index in [0.29, 0.717) is 19.6 Å². The summed E-state index contributed by atoms with van der Waals surface area (Å²) in [6.45, 7) is 4.86. The van der Waals surface area contributed by atoms with Gasteiger partial charge in [0, 0.05) is 44.5 Å². The number of aromatic nitrogens is 1. The first-order valence-electron chi connectivity index (χ1n) is 7.98. The van der Waals surface area contributed by atoms with E-state index >= 15 is 0 Å². The van der Waals surface area contributed by atoms with Gasteiger partial charge in [-0.15, -0.1) is 24.0 Å². The topological polar surface area (TPSA) is 78.4 Å². The Bertz CT molecular complexity index is 491. The zero-order valence-corrected chi connectivity index (χ0v) is 15.9. The molecule has 0 aromatic carbocycles. The van der Waals surface area contributed by atoms with E-state index in [-0.39, 0.29) is 35.8 Å². The van der Waals surface area contributed by atoms with Crippen molar-refractivity contribution in [2.45, 2.75) is 26.2 Å². The molecule has 1 amide bonds. The van der Waals surface area contributed by atoms with Crippen molar-refractivity contribution in [1.29, 1.82) is 0 Å². The van der Waals surface area contributed by atoms with Crippen LogP contribution in [0, 0.1) is 5.92 Å². The first-order valence-corrected chi connectivity index (χ1v) is 7.98. The molecule has 0 aliphatic heterocycles. The normalized spacial score (nSPS) is 13.9. The van der Waals surface area contributed by atoms with E-state index in [4.69, 9.17) is 0 Å². The van der Waals surface area contributed by atoms with Crippen molar-refractivity contribution in [3.8, 4) is 0 Å². The highest BCUT2D eigenvalue weighted by Crippen LogP contribution is 2.28. The summed E-state index contributed by atoms with van der Waals surface area (Å²) in [5.74, 6) is 1.23. The molecule has 2 rings (SSSR count). The predicted octanol–water partition coefficient (Wildman–Crippen LogP) is 1.32. The van der Waals surface area contributed by atoms with Crippen LogP contribution in [0.3, 0.4) is 0 Å². The molecule has 1 saturated carbocycles. The maximum absolute atomic E-state index is 11.5.